The average molecular weight is 382 g/mol. The predicted molar refractivity (Wildman–Crippen MR) is 115 cm³/mol. The summed E-state index contributed by atoms with van der Waals surface area (Å²) in [7, 11) is 4.16. The Labute approximate surface area is 170 Å². The molecule has 0 heterocycles. The first-order valence-electron chi connectivity index (χ1n) is 10.5. The molecule has 1 aliphatic rings. The standard InChI is InChI=1S/C25H35NO2/c1-19(2)21-10-12-22(13-11-21)25(27)15-14-24(16-23(25)17-26(3)4)28-18-20-8-6-5-7-9-20/h5-13,19,23-24,27H,14-18H2,1-4H3. The summed E-state index contributed by atoms with van der Waals surface area (Å²) >= 11 is 0. The summed E-state index contributed by atoms with van der Waals surface area (Å²) in [6, 6.07) is 18.9. The van der Waals surface area contributed by atoms with Crippen LogP contribution in [-0.2, 0) is 16.9 Å². The molecule has 3 nitrogen and oxygen atoms in total. The molecule has 2 aromatic rings. The molecule has 28 heavy (non-hydrogen) atoms. The van der Waals surface area contributed by atoms with Gasteiger partial charge < -0.3 is 14.7 Å². The quantitative estimate of drug-likeness (QED) is 0.737. The van der Waals surface area contributed by atoms with E-state index in [0.29, 0.717) is 12.5 Å². The van der Waals surface area contributed by atoms with E-state index >= 15 is 0 Å². The van der Waals surface area contributed by atoms with Gasteiger partial charge in [0, 0.05) is 12.5 Å². The van der Waals surface area contributed by atoms with E-state index in [9.17, 15) is 5.11 Å². The number of rotatable bonds is 7. The third kappa shape index (κ3) is 5.02. The molecule has 3 atom stereocenters. The van der Waals surface area contributed by atoms with Crippen LogP contribution in [0.1, 0.15) is 55.7 Å². The largest absolute Gasteiger partial charge is 0.385 e. The number of aliphatic hydroxyl groups is 1. The summed E-state index contributed by atoms with van der Waals surface area (Å²) in [5.74, 6) is 0.658. The second-order valence-electron chi connectivity index (χ2n) is 8.85. The first-order chi connectivity index (χ1) is 13.4. The highest BCUT2D eigenvalue weighted by Crippen LogP contribution is 2.43. The molecule has 0 radical (unpaired) electrons. The molecule has 1 fully saturated rings. The van der Waals surface area contributed by atoms with Crippen LogP contribution in [0, 0.1) is 5.92 Å². The van der Waals surface area contributed by atoms with Gasteiger partial charge in [-0.1, -0.05) is 68.4 Å². The zero-order valence-electron chi connectivity index (χ0n) is 17.8. The van der Waals surface area contributed by atoms with Crippen LogP contribution in [0.3, 0.4) is 0 Å². The molecule has 0 bridgehead atoms. The number of benzene rings is 2. The number of hydrogen-bond acceptors (Lipinski definition) is 3. The minimum atomic E-state index is -0.785. The van der Waals surface area contributed by atoms with Gasteiger partial charge in [-0.2, -0.15) is 0 Å². The van der Waals surface area contributed by atoms with Gasteiger partial charge in [0.1, 0.15) is 0 Å². The normalized spacial score (nSPS) is 25.4. The third-order valence-electron chi connectivity index (χ3n) is 6.06. The third-order valence-corrected chi connectivity index (χ3v) is 6.06. The molecule has 1 N–H and O–H groups in total. The van der Waals surface area contributed by atoms with Crippen LogP contribution in [0.15, 0.2) is 54.6 Å². The molecule has 3 unspecified atom stereocenters. The lowest BCUT2D eigenvalue weighted by Crippen LogP contribution is -2.46. The molecule has 0 aromatic heterocycles. The van der Waals surface area contributed by atoms with Crippen molar-refractivity contribution in [2.45, 2.75) is 57.3 Å². The molecular formula is C25H35NO2. The Balaban J connectivity index is 1.72. The van der Waals surface area contributed by atoms with Crippen molar-refractivity contribution in [3.05, 3.63) is 71.3 Å². The van der Waals surface area contributed by atoms with Gasteiger partial charge in [-0.05, 0) is 56.0 Å². The lowest BCUT2D eigenvalue weighted by atomic mass is 9.70. The maximum Gasteiger partial charge on any atom is 0.0938 e. The molecule has 0 amide bonds. The van der Waals surface area contributed by atoms with Gasteiger partial charge in [0.25, 0.3) is 0 Å². The van der Waals surface area contributed by atoms with Crippen molar-refractivity contribution >= 4 is 0 Å². The van der Waals surface area contributed by atoms with Gasteiger partial charge in [-0.25, -0.2) is 0 Å². The smallest absolute Gasteiger partial charge is 0.0938 e. The van der Waals surface area contributed by atoms with Crippen molar-refractivity contribution < 1.29 is 9.84 Å². The van der Waals surface area contributed by atoms with Gasteiger partial charge >= 0.3 is 0 Å². The zero-order valence-corrected chi connectivity index (χ0v) is 17.8. The SMILES string of the molecule is CC(C)c1ccc(C2(O)CCC(OCc3ccccc3)CC2CN(C)C)cc1. The molecule has 0 aliphatic heterocycles. The lowest BCUT2D eigenvalue weighted by molar-refractivity contribution is -0.110. The van der Waals surface area contributed by atoms with Crippen molar-refractivity contribution in [3.8, 4) is 0 Å². The molecule has 1 saturated carbocycles. The lowest BCUT2D eigenvalue weighted by Gasteiger charge is -2.44. The Kier molecular flexibility index (Phi) is 6.92. The topological polar surface area (TPSA) is 32.7 Å². The van der Waals surface area contributed by atoms with Gasteiger partial charge in [-0.15, -0.1) is 0 Å². The molecular weight excluding hydrogens is 346 g/mol. The molecule has 0 spiro atoms. The Morgan fingerprint density at radius 1 is 1.07 bits per heavy atom. The van der Waals surface area contributed by atoms with E-state index in [1.54, 1.807) is 0 Å². The first-order valence-corrected chi connectivity index (χ1v) is 10.5. The molecule has 1 aliphatic carbocycles. The van der Waals surface area contributed by atoms with Crippen molar-refractivity contribution in [1.82, 2.24) is 4.90 Å². The number of ether oxygens (including phenoxy) is 1. The molecule has 2 aromatic carbocycles. The monoisotopic (exact) mass is 381 g/mol. The maximum atomic E-state index is 11.7. The highest BCUT2D eigenvalue weighted by molar-refractivity contribution is 5.30. The van der Waals surface area contributed by atoms with Crippen LogP contribution in [0.2, 0.25) is 0 Å². The van der Waals surface area contributed by atoms with Crippen LogP contribution in [0.5, 0.6) is 0 Å². The Bertz CT molecular complexity index is 726. The van der Waals surface area contributed by atoms with E-state index in [-0.39, 0.29) is 12.0 Å². The van der Waals surface area contributed by atoms with Crippen molar-refractivity contribution in [2.24, 2.45) is 5.92 Å². The maximum absolute atomic E-state index is 11.7. The summed E-state index contributed by atoms with van der Waals surface area (Å²) in [4.78, 5) is 2.18. The van der Waals surface area contributed by atoms with E-state index in [1.807, 2.05) is 18.2 Å². The number of nitrogens with zero attached hydrogens (tertiary/aromatic N) is 1. The fourth-order valence-electron chi connectivity index (χ4n) is 4.36. The Morgan fingerprint density at radius 2 is 1.75 bits per heavy atom. The highest BCUT2D eigenvalue weighted by Gasteiger charge is 2.43. The molecule has 3 rings (SSSR count). The fraction of sp³-hybridized carbons (Fsp3) is 0.520. The van der Waals surface area contributed by atoms with Crippen molar-refractivity contribution in [1.29, 1.82) is 0 Å². The summed E-state index contributed by atoms with van der Waals surface area (Å²) in [5, 5.41) is 11.7. The zero-order chi connectivity index (χ0) is 20.1. The van der Waals surface area contributed by atoms with Gasteiger partial charge in [0.15, 0.2) is 0 Å². The van der Waals surface area contributed by atoms with Crippen molar-refractivity contribution in [3.63, 3.8) is 0 Å². The van der Waals surface area contributed by atoms with Gasteiger partial charge in [-0.3, -0.25) is 0 Å². The van der Waals surface area contributed by atoms with Crippen LogP contribution in [-0.4, -0.2) is 36.8 Å². The van der Waals surface area contributed by atoms with E-state index < -0.39 is 5.60 Å². The summed E-state index contributed by atoms with van der Waals surface area (Å²) in [6.07, 6.45) is 2.71. The predicted octanol–water partition coefficient (Wildman–Crippen LogP) is 4.94. The average Bonchev–Trinajstić information content (AvgIpc) is 2.69. The van der Waals surface area contributed by atoms with Gasteiger partial charge in [0.2, 0.25) is 0 Å². The Morgan fingerprint density at radius 3 is 2.36 bits per heavy atom. The highest BCUT2D eigenvalue weighted by atomic mass is 16.5. The van der Waals surface area contributed by atoms with Crippen LogP contribution >= 0.6 is 0 Å². The minimum absolute atomic E-state index is 0.155. The van der Waals surface area contributed by atoms with E-state index in [1.165, 1.54) is 11.1 Å². The summed E-state index contributed by atoms with van der Waals surface area (Å²) in [5.41, 5.74) is 2.78. The van der Waals surface area contributed by atoms with E-state index in [4.69, 9.17) is 4.74 Å². The summed E-state index contributed by atoms with van der Waals surface area (Å²) in [6.45, 7) is 5.90. The fourth-order valence-corrected chi connectivity index (χ4v) is 4.36. The number of hydrogen-bond donors (Lipinski definition) is 1. The Hall–Kier alpha value is -1.68. The van der Waals surface area contributed by atoms with Crippen molar-refractivity contribution in [2.75, 3.05) is 20.6 Å². The first kappa shape index (κ1) is 21.0. The second kappa shape index (κ2) is 9.21. The minimum Gasteiger partial charge on any atom is -0.385 e. The van der Waals surface area contributed by atoms with Crippen LogP contribution in [0.4, 0.5) is 0 Å². The van der Waals surface area contributed by atoms with Gasteiger partial charge in [0.05, 0.1) is 18.3 Å². The van der Waals surface area contributed by atoms with E-state index in [2.05, 4.69) is 69.2 Å². The van der Waals surface area contributed by atoms with Crippen LogP contribution in [0.25, 0.3) is 0 Å². The second-order valence-corrected chi connectivity index (χ2v) is 8.85. The molecule has 152 valence electrons. The summed E-state index contributed by atoms with van der Waals surface area (Å²) < 4.78 is 6.23. The van der Waals surface area contributed by atoms with E-state index in [0.717, 1.165) is 31.4 Å². The van der Waals surface area contributed by atoms with Crippen LogP contribution < -0.4 is 0 Å². The molecule has 3 heteroatoms. The molecule has 0 saturated heterocycles.